The van der Waals surface area contributed by atoms with E-state index in [1.807, 2.05) is 18.5 Å². The van der Waals surface area contributed by atoms with Gasteiger partial charge in [0, 0.05) is 24.5 Å². The summed E-state index contributed by atoms with van der Waals surface area (Å²) >= 11 is 0. The maximum Gasteiger partial charge on any atom is 0.185 e. The highest BCUT2D eigenvalue weighted by Gasteiger charge is 1.99. The Morgan fingerprint density at radius 1 is 1.24 bits per heavy atom. The zero-order valence-corrected chi connectivity index (χ0v) is 10.1. The smallest absolute Gasteiger partial charge is 0.185 e. The topological polar surface area (TPSA) is 17.8 Å². The minimum Gasteiger partial charge on any atom is -0.325 e. The minimum absolute atomic E-state index is 0.229. The summed E-state index contributed by atoms with van der Waals surface area (Å²) in [7, 11) is 1.90. The third kappa shape index (κ3) is 2.36. The van der Waals surface area contributed by atoms with Gasteiger partial charge in [-0.05, 0) is 37.5 Å². The molecule has 2 nitrogen and oxygen atoms in total. The van der Waals surface area contributed by atoms with Gasteiger partial charge >= 0.3 is 0 Å². The molecule has 0 aliphatic carbocycles. The first-order valence-electron chi connectivity index (χ1n) is 5.34. The second kappa shape index (κ2) is 4.42. The number of rotatable bonds is 0. The van der Waals surface area contributed by atoms with Crippen molar-refractivity contribution in [2.45, 2.75) is 13.8 Å². The van der Waals surface area contributed by atoms with Crippen LogP contribution in [-0.2, 0) is 7.05 Å². The van der Waals surface area contributed by atoms with Gasteiger partial charge < -0.3 is 4.57 Å². The number of imidazole rings is 1. The lowest BCUT2D eigenvalue weighted by Crippen LogP contribution is -1.94. The normalized spacial score (nSPS) is 9.88. The summed E-state index contributed by atoms with van der Waals surface area (Å²) in [6.45, 7) is 3.69. The van der Waals surface area contributed by atoms with E-state index in [-0.39, 0.29) is 5.82 Å². The average Bonchev–Trinajstić information content (AvgIpc) is 2.62. The standard InChI is InChI=1S/C14H13FN2/c1-10-4-5-12(8-13(10)15)6-7-14-16-9-11(2)17(14)3/h4-5,8-9H,1-3H3. The van der Waals surface area contributed by atoms with Crippen LogP contribution < -0.4 is 0 Å². The fourth-order valence-corrected chi connectivity index (χ4v) is 1.41. The van der Waals surface area contributed by atoms with Crippen molar-refractivity contribution >= 4 is 0 Å². The average molecular weight is 228 g/mol. The van der Waals surface area contributed by atoms with E-state index < -0.39 is 0 Å². The third-order valence-corrected chi connectivity index (χ3v) is 2.71. The van der Waals surface area contributed by atoms with Crippen molar-refractivity contribution in [3.8, 4) is 11.8 Å². The van der Waals surface area contributed by atoms with E-state index in [9.17, 15) is 4.39 Å². The van der Waals surface area contributed by atoms with Gasteiger partial charge in [0.2, 0.25) is 0 Å². The number of halogens is 1. The van der Waals surface area contributed by atoms with Crippen LogP contribution in [0.25, 0.3) is 0 Å². The highest BCUT2D eigenvalue weighted by Crippen LogP contribution is 2.08. The Labute approximate surface area is 100 Å². The van der Waals surface area contributed by atoms with E-state index in [1.54, 1.807) is 25.3 Å². The van der Waals surface area contributed by atoms with E-state index in [0.29, 0.717) is 17.0 Å². The van der Waals surface area contributed by atoms with E-state index in [1.165, 1.54) is 6.07 Å². The molecule has 2 rings (SSSR count). The van der Waals surface area contributed by atoms with E-state index in [2.05, 4.69) is 16.8 Å². The number of hydrogen-bond donors (Lipinski definition) is 0. The van der Waals surface area contributed by atoms with Gasteiger partial charge in [0.15, 0.2) is 5.82 Å². The Morgan fingerprint density at radius 3 is 2.59 bits per heavy atom. The zero-order valence-electron chi connectivity index (χ0n) is 10.1. The summed E-state index contributed by atoms with van der Waals surface area (Å²) in [5.74, 6) is 6.30. The molecule has 3 heteroatoms. The van der Waals surface area contributed by atoms with Gasteiger partial charge in [-0.15, -0.1) is 0 Å². The Kier molecular flexibility index (Phi) is 2.97. The van der Waals surface area contributed by atoms with Gasteiger partial charge in [-0.2, -0.15) is 0 Å². The van der Waals surface area contributed by atoms with Crippen LogP contribution in [0.4, 0.5) is 4.39 Å². The molecule has 1 aromatic carbocycles. The molecule has 0 spiro atoms. The van der Waals surface area contributed by atoms with Crippen molar-refractivity contribution in [3.05, 3.63) is 52.9 Å². The molecule has 2 aromatic rings. The van der Waals surface area contributed by atoms with Gasteiger partial charge in [0.25, 0.3) is 0 Å². The van der Waals surface area contributed by atoms with Crippen LogP contribution in [-0.4, -0.2) is 9.55 Å². The molecule has 0 unspecified atom stereocenters. The Balaban J connectivity index is 2.33. The van der Waals surface area contributed by atoms with Crippen molar-refractivity contribution < 1.29 is 4.39 Å². The van der Waals surface area contributed by atoms with Crippen molar-refractivity contribution in [2.24, 2.45) is 7.05 Å². The number of aromatic nitrogens is 2. The van der Waals surface area contributed by atoms with E-state index in [0.717, 1.165) is 5.69 Å². The SMILES string of the molecule is Cc1ccc(C#Cc2ncc(C)n2C)cc1F. The van der Waals surface area contributed by atoms with E-state index >= 15 is 0 Å². The van der Waals surface area contributed by atoms with Crippen LogP contribution in [0, 0.1) is 31.5 Å². The second-order valence-corrected chi connectivity index (χ2v) is 4.00. The van der Waals surface area contributed by atoms with Crippen LogP contribution >= 0.6 is 0 Å². The molecule has 0 bridgehead atoms. The number of nitrogens with zero attached hydrogens (tertiary/aromatic N) is 2. The first kappa shape index (κ1) is 11.4. The molecule has 0 saturated heterocycles. The van der Waals surface area contributed by atoms with Gasteiger partial charge in [0.1, 0.15) is 5.82 Å². The second-order valence-electron chi connectivity index (χ2n) is 4.00. The number of hydrogen-bond acceptors (Lipinski definition) is 1. The third-order valence-electron chi connectivity index (χ3n) is 2.71. The van der Waals surface area contributed by atoms with Crippen LogP contribution in [0.2, 0.25) is 0 Å². The first-order valence-corrected chi connectivity index (χ1v) is 5.34. The highest BCUT2D eigenvalue weighted by atomic mass is 19.1. The maximum atomic E-state index is 13.3. The van der Waals surface area contributed by atoms with Gasteiger partial charge in [-0.3, -0.25) is 0 Å². The molecular weight excluding hydrogens is 215 g/mol. The predicted molar refractivity (Wildman–Crippen MR) is 65.1 cm³/mol. The van der Waals surface area contributed by atoms with Crippen molar-refractivity contribution in [1.82, 2.24) is 9.55 Å². The first-order chi connectivity index (χ1) is 8.08. The molecule has 0 atom stereocenters. The van der Waals surface area contributed by atoms with Crippen LogP contribution in [0.15, 0.2) is 24.4 Å². The summed E-state index contributed by atoms with van der Waals surface area (Å²) in [4.78, 5) is 4.17. The van der Waals surface area contributed by atoms with Crippen molar-refractivity contribution in [3.63, 3.8) is 0 Å². The van der Waals surface area contributed by atoms with Crippen LogP contribution in [0.3, 0.4) is 0 Å². The quantitative estimate of drug-likeness (QED) is 0.634. The molecule has 17 heavy (non-hydrogen) atoms. The molecule has 0 aliphatic rings. The number of aryl methyl sites for hydroxylation is 2. The lowest BCUT2D eigenvalue weighted by Gasteiger charge is -1.96. The summed E-state index contributed by atoms with van der Waals surface area (Å²) in [6, 6.07) is 4.97. The molecule has 1 aromatic heterocycles. The molecular formula is C14H13FN2. The lowest BCUT2D eigenvalue weighted by atomic mass is 10.1. The number of benzene rings is 1. The zero-order chi connectivity index (χ0) is 12.4. The molecule has 0 aliphatic heterocycles. The van der Waals surface area contributed by atoms with Crippen LogP contribution in [0.1, 0.15) is 22.6 Å². The van der Waals surface area contributed by atoms with Crippen molar-refractivity contribution in [2.75, 3.05) is 0 Å². The van der Waals surface area contributed by atoms with Gasteiger partial charge in [0.05, 0.1) is 0 Å². The molecule has 1 heterocycles. The largest absolute Gasteiger partial charge is 0.325 e. The Morgan fingerprint density at radius 2 is 2.00 bits per heavy atom. The maximum absolute atomic E-state index is 13.3. The molecule has 0 N–H and O–H groups in total. The Hall–Kier alpha value is -2.08. The summed E-state index contributed by atoms with van der Waals surface area (Å²) in [5.41, 5.74) is 2.33. The molecule has 0 radical (unpaired) electrons. The van der Waals surface area contributed by atoms with Crippen LogP contribution in [0.5, 0.6) is 0 Å². The van der Waals surface area contributed by atoms with Gasteiger partial charge in [-0.1, -0.05) is 12.0 Å². The Bertz CT molecular complexity index is 615. The summed E-state index contributed by atoms with van der Waals surface area (Å²) in [5, 5.41) is 0. The lowest BCUT2D eigenvalue weighted by molar-refractivity contribution is 0.618. The summed E-state index contributed by atoms with van der Waals surface area (Å²) in [6.07, 6.45) is 1.76. The fraction of sp³-hybridized carbons (Fsp3) is 0.214. The monoisotopic (exact) mass is 228 g/mol. The van der Waals surface area contributed by atoms with Crippen molar-refractivity contribution in [1.29, 1.82) is 0 Å². The highest BCUT2D eigenvalue weighted by molar-refractivity contribution is 5.40. The molecule has 0 saturated carbocycles. The minimum atomic E-state index is -0.229. The molecule has 86 valence electrons. The predicted octanol–water partition coefficient (Wildman–Crippen LogP) is 2.58. The van der Waals surface area contributed by atoms with Gasteiger partial charge in [-0.25, -0.2) is 9.37 Å². The molecule has 0 amide bonds. The van der Waals surface area contributed by atoms with E-state index in [4.69, 9.17) is 0 Å². The fourth-order valence-electron chi connectivity index (χ4n) is 1.41. The molecule has 0 fully saturated rings. The summed E-state index contributed by atoms with van der Waals surface area (Å²) < 4.78 is 15.2.